The standard InChI is InChI=1S/C15H15BN2O2/c1-2-14-13-9-8-11(16(19)20)10-15(13)18(17-14)12-6-4-3-5-7-12/h3-10,19-20H,2H2,1H3. The second kappa shape index (κ2) is 5.11. The quantitative estimate of drug-likeness (QED) is 0.702. The van der Waals surface area contributed by atoms with E-state index in [0.29, 0.717) is 5.46 Å². The number of benzene rings is 2. The predicted octanol–water partition coefficient (Wildman–Crippen LogP) is 1.27. The first-order valence-corrected chi connectivity index (χ1v) is 6.64. The number of rotatable bonds is 3. The number of fused-ring (bicyclic) bond motifs is 1. The van der Waals surface area contributed by atoms with Crippen LogP contribution in [0, 0.1) is 0 Å². The van der Waals surface area contributed by atoms with Crippen LogP contribution in [0.15, 0.2) is 48.5 Å². The lowest BCUT2D eigenvalue weighted by atomic mass is 9.80. The Balaban J connectivity index is 2.28. The highest BCUT2D eigenvalue weighted by molar-refractivity contribution is 6.58. The normalized spacial score (nSPS) is 10.9. The summed E-state index contributed by atoms with van der Waals surface area (Å²) >= 11 is 0. The fraction of sp³-hybridized carbons (Fsp3) is 0.133. The summed E-state index contributed by atoms with van der Waals surface area (Å²) in [6.07, 6.45) is 0.831. The van der Waals surface area contributed by atoms with E-state index < -0.39 is 7.12 Å². The molecule has 5 heteroatoms. The van der Waals surface area contributed by atoms with Crippen LogP contribution in [0.2, 0.25) is 0 Å². The lowest BCUT2D eigenvalue weighted by molar-refractivity contribution is 0.426. The Hall–Kier alpha value is -2.11. The summed E-state index contributed by atoms with van der Waals surface area (Å²) in [5.41, 5.74) is 3.32. The van der Waals surface area contributed by atoms with Gasteiger partial charge in [-0.15, -0.1) is 0 Å². The Morgan fingerprint density at radius 1 is 1.10 bits per heavy atom. The number of hydrogen-bond donors (Lipinski definition) is 2. The van der Waals surface area contributed by atoms with E-state index >= 15 is 0 Å². The number of aromatic nitrogens is 2. The van der Waals surface area contributed by atoms with Crippen LogP contribution in [0.4, 0.5) is 0 Å². The van der Waals surface area contributed by atoms with Crippen molar-refractivity contribution in [1.29, 1.82) is 0 Å². The van der Waals surface area contributed by atoms with E-state index in [1.54, 1.807) is 12.1 Å². The van der Waals surface area contributed by atoms with Crippen molar-refractivity contribution in [3.05, 3.63) is 54.2 Å². The second-order valence-electron chi connectivity index (χ2n) is 4.70. The number of nitrogens with zero attached hydrogens (tertiary/aromatic N) is 2. The molecule has 0 saturated heterocycles. The molecule has 100 valence electrons. The summed E-state index contributed by atoms with van der Waals surface area (Å²) in [6.45, 7) is 2.06. The van der Waals surface area contributed by atoms with Crippen LogP contribution in [0.25, 0.3) is 16.6 Å². The van der Waals surface area contributed by atoms with Gasteiger partial charge in [-0.1, -0.05) is 37.3 Å². The Labute approximate surface area is 117 Å². The molecular weight excluding hydrogens is 251 g/mol. The molecule has 0 aliphatic carbocycles. The van der Waals surface area contributed by atoms with Crippen LogP contribution in [0.3, 0.4) is 0 Å². The highest BCUT2D eigenvalue weighted by Crippen LogP contribution is 2.21. The number of hydrogen-bond acceptors (Lipinski definition) is 3. The topological polar surface area (TPSA) is 58.3 Å². The molecule has 0 radical (unpaired) electrons. The summed E-state index contributed by atoms with van der Waals surface area (Å²) in [4.78, 5) is 0. The van der Waals surface area contributed by atoms with Gasteiger partial charge in [0.05, 0.1) is 16.9 Å². The zero-order valence-electron chi connectivity index (χ0n) is 11.2. The summed E-state index contributed by atoms with van der Waals surface area (Å²) in [6, 6.07) is 15.2. The molecule has 3 aromatic rings. The van der Waals surface area contributed by atoms with E-state index in [1.807, 2.05) is 41.1 Å². The molecule has 4 nitrogen and oxygen atoms in total. The van der Waals surface area contributed by atoms with Crippen molar-refractivity contribution in [2.45, 2.75) is 13.3 Å². The average Bonchev–Trinajstić information content (AvgIpc) is 2.86. The molecule has 1 aromatic heterocycles. The highest BCUT2D eigenvalue weighted by atomic mass is 16.4. The lowest BCUT2D eigenvalue weighted by Crippen LogP contribution is -2.29. The van der Waals surface area contributed by atoms with Crippen molar-refractivity contribution in [2.75, 3.05) is 0 Å². The summed E-state index contributed by atoms with van der Waals surface area (Å²) in [7, 11) is -1.47. The SMILES string of the molecule is CCc1nn(-c2ccccc2)c2cc(B(O)O)ccc12. The third-order valence-electron chi connectivity index (χ3n) is 3.42. The van der Waals surface area contributed by atoms with Gasteiger partial charge in [0.2, 0.25) is 0 Å². The molecule has 0 saturated carbocycles. The third-order valence-corrected chi connectivity index (χ3v) is 3.42. The maximum absolute atomic E-state index is 9.33. The molecule has 0 bridgehead atoms. The Kier molecular flexibility index (Phi) is 3.30. The Morgan fingerprint density at radius 3 is 2.50 bits per heavy atom. The monoisotopic (exact) mass is 266 g/mol. The lowest BCUT2D eigenvalue weighted by Gasteiger charge is -2.04. The van der Waals surface area contributed by atoms with E-state index in [1.165, 1.54) is 0 Å². The van der Waals surface area contributed by atoms with Gasteiger partial charge in [0.1, 0.15) is 0 Å². The van der Waals surface area contributed by atoms with Crippen molar-refractivity contribution in [1.82, 2.24) is 9.78 Å². The third kappa shape index (κ3) is 2.11. The zero-order chi connectivity index (χ0) is 14.1. The molecule has 2 aromatic carbocycles. The molecular formula is C15H15BN2O2. The molecule has 0 spiro atoms. The molecule has 3 rings (SSSR count). The van der Waals surface area contributed by atoms with Crippen molar-refractivity contribution in [3.63, 3.8) is 0 Å². The van der Waals surface area contributed by atoms with Crippen LogP contribution in [0.5, 0.6) is 0 Å². The minimum absolute atomic E-state index is 0.470. The maximum Gasteiger partial charge on any atom is 0.488 e. The first-order chi connectivity index (χ1) is 9.70. The van der Waals surface area contributed by atoms with Crippen LogP contribution in [-0.2, 0) is 6.42 Å². The first-order valence-electron chi connectivity index (χ1n) is 6.64. The number of aryl methyl sites for hydroxylation is 1. The van der Waals surface area contributed by atoms with Gasteiger partial charge in [-0.05, 0) is 30.1 Å². The van der Waals surface area contributed by atoms with Gasteiger partial charge in [0.15, 0.2) is 0 Å². The Morgan fingerprint density at radius 2 is 1.85 bits per heavy atom. The van der Waals surface area contributed by atoms with Crippen LogP contribution in [0.1, 0.15) is 12.6 Å². The molecule has 0 unspecified atom stereocenters. The van der Waals surface area contributed by atoms with E-state index in [-0.39, 0.29) is 0 Å². The van der Waals surface area contributed by atoms with Gasteiger partial charge in [0.25, 0.3) is 0 Å². The van der Waals surface area contributed by atoms with Gasteiger partial charge < -0.3 is 10.0 Å². The average molecular weight is 266 g/mol. The predicted molar refractivity (Wildman–Crippen MR) is 80.3 cm³/mol. The van der Waals surface area contributed by atoms with Gasteiger partial charge in [0, 0.05) is 5.39 Å². The number of para-hydroxylation sites is 1. The van der Waals surface area contributed by atoms with Crippen LogP contribution in [-0.4, -0.2) is 26.9 Å². The van der Waals surface area contributed by atoms with E-state index in [9.17, 15) is 10.0 Å². The fourth-order valence-electron chi connectivity index (χ4n) is 2.38. The molecule has 0 fully saturated rings. The molecule has 2 N–H and O–H groups in total. The van der Waals surface area contributed by atoms with Crippen LogP contribution < -0.4 is 5.46 Å². The summed E-state index contributed by atoms with van der Waals surface area (Å²) < 4.78 is 1.85. The summed E-state index contributed by atoms with van der Waals surface area (Å²) in [5.74, 6) is 0. The van der Waals surface area contributed by atoms with Crippen molar-refractivity contribution >= 4 is 23.5 Å². The second-order valence-corrected chi connectivity index (χ2v) is 4.70. The van der Waals surface area contributed by atoms with Gasteiger partial charge in [-0.3, -0.25) is 0 Å². The van der Waals surface area contributed by atoms with Gasteiger partial charge in [-0.2, -0.15) is 5.10 Å². The van der Waals surface area contributed by atoms with Crippen LogP contribution >= 0.6 is 0 Å². The van der Waals surface area contributed by atoms with E-state index in [2.05, 4.69) is 12.0 Å². The fourth-order valence-corrected chi connectivity index (χ4v) is 2.38. The maximum atomic E-state index is 9.33. The largest absolute Gasteiger partial charge is 0.488 e. The van der Waals surface area contributed by atoms with Crippen molar-refractivity contribution < 1.29 is 10.0 Å². The molecule has 0 amide bonds. The molecule has 0 atom stereocenters. The molecule has 0 aliphatic heterocycles. The highest BCUT2D eigenvalue weighted by Gasteiger charge is 2.16. The first kappa shape index (κ1) is 12.9. The minimum atomic E-state index is -1.47. The van der Waals surface area contributed by atoms with E-state index in [0.717, 1.165) is 28.7 Å². The zero-order valence-corrected chi connectivity index (χ0v) is 11.2. The minimum Gasteiger partial charge on any atom is -0.423 e. The molecule has 1 heterocycles. The van der Waals surface area contributed by atoms with Gasteiger partial charge in [-0.25, -0.2) is 4.68 Å². The molecule has 0 aliphatic rings. The summed E-state index contributed by atoms with van der Waals surface area (Å²) in [5, 5.41) is 24.3. The van der Waals surface area contributed by atoms with Gasteiger partial charge >= 0.3 is 7.12 Å². The van der Waals surface area contributed by atoms with E-state index in [4.69, 9.17) is 0 Å². The molecule has 20 heavy (non-hydrogen) atoms. The smallest absolute Gasteiger partial charge is 0.423 e. The van der Waals surface area contributed by atoms with Crippen molar-refractivity contribution in [3.8, 4) is 5.69 Å². The van der Waals surface area contributed by atoms with Crippen molar-refractivity contribution in [2.24, 2.45) is 0 Å². The Bertz CT molecular complexity index is 738.